The summed E-state index contributed by atoms with van der Waals surface area (Å²) in [6, 6.07) is 8.33. The van der Waals surface area contributed by atoms with Gasteiger partial charge in [-0.15, -0.1) is 0 Å². The Morgan fingerprint density at radius 1 is 1.11 bits per heavy atom. The zero-order valence-electron chi connectivity index (χ0n) is 25.5. The Morgan fingerprint density at radius 2 is 1.91 bits per heavy atom. The number of carbonyl (C=O) groups is 1. The molecule has 1 saturated carbocycles. The first-order chi connectivity index (χ1) is 21.2. The Morgan fingerprint density at radius 3 is 2.68 bits per heavy atom. The zero-order valence-corrected chi connectivity index (χ0v) is 27.8. The van der Waals surface area contributed by atoms with Crippen molar-refractivity contribution >= 4 is 46.0 Å². The molecule has 6 rings (SSSR count). The number of halogens is 2. The van der Waals surface area contributed by atoms with E-state index in [2.05, 4.69) is 33.5 Å². The number of carbonyl (C=O) groups excluding carboxylic acids is 1. The van der Waals surface area contributed by atoms with Crippen LogP contribution in [0.5, 0.6) is 16.7 Å². The SMILES string of the molecule is COc1cccc(CN(C(=O)C2=C(c3cnc(OCCOc4c(Cl)cc(C)c(C)c4Cl)s3)C[C@@H]3CNC[C@H]2N3)C2CC2)c1C. The van der Waals surface area contributed by atoms with Crippen LogP contribution in [0.3, 0.4) is 0 Å². The Labute approximate surface area is 272 Å². The van der Waals surface area contributed by atoms with Gasteiger partial charge in [0.25, 0.3) is 11.1 Å². The summed E-state index contributed by atoms with van der Waals surface area (Å²) in [6.07, 6.45) is 4.63. The summed E-state index contributed by atoms with van der Waals surface area (Å²) in [4.78, 5) is 22.1. The Hall–Kier alpha value is -2.82. The lowest BCUT2D eigenvalue weighted by Crippen LogP contribution is -2.59. The standard InChI is InChI=1S/C33H38Cl2N4O4S/c1-18-12-25(34)31(30(35)19(18)2)42-10-11-43-33-37-16-28(44-33)24-13-22-14-36-15-26(38-22)29(24)32(40)39(23-8-9-23)17-21-6-5-7-27(41-4)20(21)3/h5-7,12,16,22-23,26,36,38H,8-11,13-15,17H2,1-4H3/t22-,26-/m1/s1. The van der Waals surface area contributed by atoms with Crippen molar-refractivity contribution < 1.29 is 19.0 Å². The second-order valence-corrected chi connectivity index (χ2v) is 13.5. The first-order valence-corrected chi connectivity index (χ1v) is 16.6. The van der Waals surface area contributed by atoms with Crippen molar-refractivity contribution in [1.29, 1.82) is 0 Å². The summed E-state index contributed by atoms with van der Waals surface area (Å²) >= 11 is 14.3. The van der Waals surface area contributed by atoms with Crippen LogP contribution in [-0.2, 0) is 11.3 Å². The number of piperazine rings is 1. The molecule has 1 aromatic heterocycles. The van der Waals surface area contributed by atoms with Crippen LogP contribution < -0.4 is 24.8 Å². The molecule has 3 heterocycles. The number of amides is 1. The molecule has 44 heavy (non-hydrogen) atoms. The van der Waals surface area contributed by atoms with E-state index in [0.717, 1.165) is 69.8 Å². The Balaban J connectivity index is 1.21. The Kier molecular flexibility index (Phi) is 9.40. The van der Waals surface area contributed by atoms with Gasteiger partial charge in [0, 0.05) is 43.5 Å². The maximum atomic E-state index is 14.5. The molecule has 2 bridgehead atoms. The van der Waals surface area contributed by atoms with Gasteiger partial charge in [-0.1, -0.05) is 46.7 Å². The highest BCUT2D eigenvalue weighted by molar-refractivity contribution is 7.14. The van der Waals surface area contributed by atoms with Gasteiger partial charge in [-0.25, -0.2) is 4.98 Å². The van der Waals surface area contributed by atoms with Crippen LogP contribution in [-0.4, -0.2) is 67.3 Å². The molecule has 0 radical (unpaired) electrons. The van der Waals surface area contributed by atoms with Crippen molar-refractivity contribution in [2.75, 3.05) is 33.4 Å². The molecule has 2 fully saturated rings. The summed E-state index contributed by atoms with van der Waals surface area (Å²) in [5, 5.41) is 8.74. The maximum absolute atomic E-state index is 14.5. The van der Waals surface area contributed by atoms with E-state index in [4.69, 9.17) is 37.4 Å². The van der Waals surface area contributed by atoms with Crippen molar-refractivity contribution in [3.63, 3.8) is 0 Å². The second kappa shape index (κ2) is 13.3. The first-order valence-electron chi connectivity index (χ1n) is 15.0. The normalized spacial score (nSPS) is 19.6. The smallest absolute Gasteiger partial charge is 0.273 e. The minimum absolute atomic E-state index is 0.0648. The molecule has 11 heteroatoms. The molecular weight excluding hydrogens is 619 g/mol. The van der Waals surface area contributed by atoms with Crippen molar-refractivity contribution in [3.05, 3.63) is 73.2 Å². The molecule has 0 unspecified atom stereocenters. The average molecular weight is 658 g/mol. The predicted molar refractivity (Wildman–Crippen MR) is 175 cm³/mol. The number of aromatic nitrogens is 1. The lowest BCUT2D eigenvalue weighted by molar-refractivity contribution is -0.128. The van der Waals surface area contributed by atoms with Crippen LogP contribution in [0.1, 0.15) is 46.4 Å². The van der Waals surface area contributed by atoms with Crippen LogP contribution in [0.4, 0.5) is 0 Å². The van der Waals surface area contributed by atoms with Gasteiger partial charge in [0.2, 0.25) is 0 Å². The summed E-state index contributed by atoms with van der Waals surface area (Å²) in [5.41, 5.74) is 6.03. The number of aryl methyl sites for hydroxylation is 1. The van der Waals surface area contributed by atoms with Gasteiger partial charge in [-0.3, -0.25) is 4.79 Å². The molecule has 2 aliphatic heterocycles. The Bertz CT molecular complexity index is 1590. The van der Waals surface area contributed by atoms with Crippen LogP contribution >= 0.6 is 34.5 Å². The van der Waals surface area contributed by atoms with Gasteiger partial charge < -0.3 is 29.7 Å². The number of fused-ring (bicyclic) bond motifs is 2. The van der Waals surface area contributed by atoms with Crippen molar-refractivity contribution in [3.8, 4) is 16.7 Å². The highest BCUT2D eigenvalue weighted by Gasteiger charge is 2.41. The monoisotopic (exact) mass is 656 g/mol. The number of hydrogen-bond donors (Lipinski definition) is 2. The summed E-state index contributed by atoms with van der Waals surface area (Å²) in [6.45, 7) is 8.63. The molecule has 1 saturated heterocycles. The van der Waals surface area contributed by atoms with Crippen LogP contribution in [0.15, 0.2) is 36.0 Å². The van der Waals surface area contributed by atoms with E-state index in [9.17, 15) is 4.79 Å². The van der Waals surface area contributed by atoms with Gasteiger partial charge in [-0.05, 0) is 80.0 Å². The third-order valence-corrected chi connectivity index (χ3v) is 10.5. The van der Waals surface area contributed by atoms with Gasteiger partial charge >= 0.3 is 0 Å². The lowest BCUT2D eigenvalue weighted by atomic mass is 9.86. The topological polar surface area (TPSA) is 85.0 Å². The fraction of sp³-hybridized carbons (Fsp3) is 0.455. The molecule has 0 spiro atoms. The summed E-state index contributed by atoms with van der Waals surface area (Å²) in [5.74, 6) is 1.40. The van der Waals surface area contributed by atoms with Gasteiger partial charge in [0.1, 0.15) is 19.0 Å². The predicted octanol–water partition coefficient (Wildman–Crippen LogP) is 6.12. The van der Waals surface area contributed by atoms with E-state index < -0.39 is 0 Å². The van der Waals surface area contributed by atoms with Crippen LogP contribution in [0, 0.1) is 20.8 Å². The molecule has 234 valence electrons. The number of methoxy groups -OCH3 is 1. The van der Waals surface area contributed by atoms with E-state index in [1.807, 2.05) is 38.2 Å². The van der Waals surface area contributed by atoms with Crippen LogP contribution in [0.25, 0.3) is 5.57 Å². The zero-order chi connectivity index (χ0) is 31.0. The van der Waals surface area contributed by atoms with Crippen molar-refractivity contribution in [2.45, 2.75) is 64.7 Å². The third kappa shape index (κ3) is 6.44. The summed E-state index contributed by atoms with van der Waals surface area (Å²) < 4.78 is 17.4. The van der Waals surface area contributed by atoms with E-state index in [1.54, 1.807) is 7.11 Å². The highest BCUT2D eigenvalue weighted by atomic mass is 35.5. The number of hydrogen-bond acceptors (Lipinski definition) is 8. The van der Waals surface area contributed by atoms with Crippen LogP contribution in [0.2, 0.25) is 10.0 Å². The number of rotatable bonds is 11. The minimum Gasteiger partial charge on any atom is -0.496 e. The van der Waals surface area contributed by atoms with E-state index in [1.165, 1.54) is 11.3 Å². The van der Waals surface area contributed by atoms with Gasteiger partial charge in [0.05, 0.1) is 28.1 Å². The summed E-state index contributed by atoms with van der Waals surface area (Å²) in [7, 11) is 1.68. The highest BCUT2D eigenvalue weighted by Crippen LogP contribution is 2.40. The quantitative estimate of drug-likeness (QED) is 0.241. The number of ether oxygens (including phenoxy) is 3. The molecule has 2 atom stereocenters. The maximum Gasteiger partial charge on any atom is 0.273 e. The van der Waals surface area contributed by atoms with E-state index in [-0.39, 0.29) is 37.2 Å². The van der Waals surface area contributed by atoms with Gasteiger partial charge in [0.15, 0.2) is 5.75 Å². The number of nitrogens with zero attached hydrogens (tertiary/aromatic N) is 2. The molecule has 3 aliphatic rings. The molecular formula is C33H38Cl2N4O4S. The molecule has 8 nitrogen and oxygen atoms in total. The first kappa shape index (κ1) is 31.2. The molecule has 1 amide bonds. The largest absolute Gasteiger partial charge is 0.496 e. The van der Waals surface area contributed by atoms with Crippen molar-refractivity contribution in [1.82, 2.24) is 20.5 Å². The molecule has 2 N–H and O–H groups in total. The minimum atomic E-state index is -0.0648. The number of thiazole rings is 1. The van der Waals surface area contributed by atoms with E-state index in [0.29, 0.717) is 34.1 Å². The second-order valence-electron chi connectivity index (χ2n) is 11.7. The lowest BCUT2D eigenvalue weighted by Gasteiger charge is -2.40. The third-order valence-electron chi connectivity index (χ3n) is 8.75. The number of nitrogens with one attached hydrogen (secondary N) is 2. The number of benzene rings is 2. The fourth-order valence-corrected chi connectivity index (χ4v) is 7.55. The molecule has 3 aromatic rings. The average Bonchev–Trinajstić information content (AvgIpc) is 3.75. The molecule has 1 aliphatic carbocycles. The molecule has 2 aromatic carbocycles. The van der Waals surface area contributed by atoms with Gasteiger partial charge in [-0.2, -0.15) is 0 Å². The van der Waals surface area contributed by atoms with Crippen molar-refractivity contribution in [2.24, 2.45) is 0 Å². The fourth-order valence-electron chi connectivity index (χ4n) is 6.02. The van der Waals surface area contributed by atoms with E-state index >= 15 is 0 Å².